The zero-order valence-electron chi connectivity index (χ0n) is 11.5. The molecule has 0 bridgehead atoms. The van der Waals surface area contributed by atoms with E-state index in [9.17, 15) is 4.79 Å². The fraction of sp³-hybridized carbons (Fsp3) is 0.533. The van der Waals surface area contributed by atoms with Crippen molar-refractivity contribution in [2.45, 2.75) is 25.6 Å². The van der Waals surface area contributed by atoms with Gasteiger partial charge >= 0.3 is 0 Å². The molecule has 5 heteroatoms. The fourth-order valence-electron chi connectivity index (χ4n) is 2.93. The first-order chi connectivity index (χ1) is 9.60. The second-order valence-corrected chi connectivity index (χ2v) is 6.31. The zero-order valence-corrected chi connectivity index (χ0v) is 13.1. The van der Waals surface area contributed by atoms with Crippen molar-refractivity contribution >= 4 is 21.8 Å². The van der Waals surface area contributed by atoms with Crippen LogP contribution in [0.1, 0.15) is 28.8 Å². The molecule has 2 aliphatic rings. The van der Waals surface area contributed by atoms with Gasteiger partial charge in [0.15, 0.2) is 5.79 Å². The third-order valence-electron chi connectivity index (χ3n) is 3.94. The molecule has 2 heterocycles. The Bertz CT molecular complexity index is 526. The van der Waals surface area contributed by atoms with Crippen LogP contribution in [-0.4, -0.2) is 42.9 Å². The summed E-state index contributed by atoms with van der Waals surface area (Å²) >= 11 is 3.43. The van der Waals surface area contributed by atoms with E-state index in [4.69, 9.17) is 9.47 Å². The van der Waals surface area contributed by atoms with Gasteiger partial charge < -0.3 is 14.4 Å². The topological polar surface area (TPSA) is 38.8 Å². The molecule has 108 valence electrons. The Labute approximate surface area is 127 Å². The quantitative estimate of drug-likeness (QED) is 0.789. The lowest BCUT2D eigenvalue weighted by molar-refractivity contribution is -0.183. The molecule has 1 spiro atoms. The third kappa shape index (κ3) is 2.62. The normalized spacial score (nSPS) is 21.4. The van der Waals surface area contributed by atoms with Crippen molar-refractivity contribution in [2.75, 3.05) is 26.3 Å². The number of carbonyl (C=O) groups excluding carboxylic acids is 1. The number of rotatable bonds is 1. The minimum absolute atomic E-state index is 0.0631. The van der Waals surface area contributed by atoms with Gasteiger partial charge in [0.2, 0.25) is 0 Å². The Hall–Kier alpha value is -0.910. The Morgan fingerprint density at radius 1 is 1.35 bits per heavy atom. The number of aryl methyl sites for hydroxylation is 1. The van der Waals surface area contributed by atoms with E-state index >= 15 is 0 Å². The molecule has 1 aromatic rings. The standard InChI is InChI=1S/C15H18BrNO3/c1-11-9-12(16)3-4-13(11)14(18)17-6-2-5-15(10-17)19-7-8-20-15/h3-4,9H,2,5-8,10H2,1H3. The lowest BCUT2D eigenvalue weighted by atomic mass is 10.0. The summed E-state index contributed by atoms with van der Waals surface area (Å²) < 4.78 is 12.4. The van der Waals surface area contributed by atoms with Crippen molar-refractivity contribution in [1.29, 1.82) is 0 Å². The van der Waals surface area contributed by atoms with Crippen LogP contribution in [-0.2, 0) is 9.47 Å². The van der Waals surface area contributed by atoms with Crippen LogP contribution in [0.5, 0.6) is 0 Å². The molecule has 0 atom stereocenters. The van der Waals surface area contributed by atoms with Crippen LogP contribution in [0.25, 0.3) is 0 Å². The van der Waals surface area contributed by atoms with Gasteiger partial charge in [-0.15, -0.1) is 0 Å². The highest BCUT2D eigenvalue weighted by Crippen LogP contribution is 2.31. The lowest BCUT2D eigenvalue weighted by Gasteiger charge is -2.38. The van der Waals surface area contributed by atoms with Crippen LogP contribution in [0, 0.1) is 6.92 Å². The average molecular weight is 340 g/mol. The van der Waals surface area contributed by atoms with Gasteiger partial charge in [0, 0.05) is 23.0 Å². The molecule has 0 unspecified atom stereocenters. The van der Waals surface area contributed by atoms with Crippen LogP contribution in [0.4, 0.5) is 0 Å². The average Bonchev–Trinajstić information content (AvgIpc) is 2.86. The minimum atomic E-state index is -0.558. The molecule has 0 aliphatic carbocycles. The maximum absolute atomic E-state index is 12.7. The molecule has 1 amide bonds. The highest BCUT2D eigenvalue weighted by molar-refractivity contribution is 9.10. The molecular weight excluding hydrogens is 322 g/mol. The predicted molar refractivity (Wildman–Crippen MR) is 78.7 cm³/mol. The molecule has 0 N–H and O–H groups in total. The first kappa shape index (κ1) is 14.0. The van der Waals surface area contributed by atoms with Crippen molar-refractivity contribution in [3.8, 4) is 0 Å². The number of halogens is 1. The molecule has 2 fully saturated rings. The van der Waals surface area contributed by atoms with E-state index in [1.165, 1.54) is 0 Å². The summed E-state index contributed by atoms with van der Waals surface area (Å²) in [7, 11) is 0. The molecule has 0 radical (unpaired) electrons. The number of ether oxygens (including phenoxy) is 2. The SMILES string of the molecule is Cc1cc(Br)ccc1C(=O)N1CCCC2(C1)OCCO2. The molecule has 0 saturated carbocycles. The molecule has 3 rings (SSSR count). The number of benzene rings is 1. The second kappa shape index (κ2) is 5.47. The van der Waals surface area contributed by atoms with Gasteiger partial charge in [-0.3, -0.25) is 4.79 Å². The number of hydrogen-bond donors (Lipinski definition) is 0. The molecule has 2 aliphatic heterocycles. The Balaban J connectivity index is 1.79. The molecule has 4 nitrogen and oxygen atoms in total. The maximum Gasteiger partial charge on any atom is 0.254 e. The van der Waals surface area contributed by atoms with Crippen molar-refractivity contribution in [3.63, 3.8) is 0 Å². The van der Waals surface area contributed by atoms with Gasteiger partial charge in [-0.05, 0) is 37.1 Å². The van der Waals surface area contributed by atoms with Crippen molar-refractivity contribution in [3.05, 3.63) is 33.8 Å². The number of nitrogens with zero attached hydrogens (tertiary/aromatic N) is 1. The minimum Gasteiger partial charge on any atom is -0.346 e. The van der Waals surface area contributed by atoms with Crippen molar-refractivity contribution < 1.29 is 14.3 Å². The first-order valence-corrected chi connectivity index (χ1v) is 7.72. The summed E-state index contributed by atoms with van der Waals surface area (Å²) in [6.07, 6.45) is 1.79. The number of piperidine rings is 1. The van der Waals surface area contributed by atoms with E-state index in [0.29, 0.717) is 19.8 Å². The monoisotopic (exact) mass is 339 g/mol. The summed E-state index contributed by atoms with van der Waals surface area (Å²) in [6, 6.07) is 5.75. The highest BCUT2D eigenvalue weighted by atomic mass is 79.9. The van der Waals surface area contributed by atoms with Crippen LogP contribution in [0.3, 0.4) is 0 Å². The summed E-state index contributed by atoms with van der Waals surface area (Å²) in [6.45, 7) is 4.50. The van der Waals surface area contributed by atoms with Crippen molar-refractivity contribution in [2.24, 2.45) is 0 Å². The van der Waals surface area contributed by atoms with Gasteiger partial charge in [0.25, 0.3) is 5.91 Å². The van der Waals surface area contributed by atoms with Gasteiger partial charge in [-0.2, -0.15) is 0 Å². The van der Waals surface area contributed by atoms with Crippen LogP contribution >= 0.6 is 15.9 Å². The summed E-state index contributed by atoms with van der Waals surface area (Å²) in [5, 5.41) is 0. The Morgan fingerprint density at radius 2 is 2.10 bits per heavy atom. The Kier molecular flexibility index (Phi) is 3.84. The molecule has 20 heavy (non-hydrogen) atoms. The van der Waals surface area contributed by atoms with Gasteiger partial charge in [-0.25, -0.2) is 0 Å². The molecule has 2 saturated heterocycles. The van der Waals surface area contributed by atoms with E-state index in [0.717, 1.165) is 35.0 Å². The van der Waals surface area contributed by atoms with Gasteiger partial charge in [-0.1, -0.05) is 15.9 Å². The van der Waals surface area contributed by atoms with E-state index in [-0.39, 0.29) is 5.91 Å². The van der Waals surface area contributed by atoms with E-state index < -0.39 is 5.79 Å². The molecular formula is C15H18BrNO3. The Morgan fingerprint density at radius 3 is 2.80 bits per heavy atom. The van der Waals surface area contributed by atoms with E-state index in [1.54, 1.807) is 0 Å². The van der Waals surface area contributed by atoms with Crippen molar-refractivity contribution in [1.82, 2.24) is 4.90 Å². The first-order valence-electron chi connectivity index (χ1n) is 6.93. The summed E-state index contributed by atoms with van der Waals surface area (Å²) in [4.78, 5) is 14.5. The van der Waals surface area contributed by atoms with E-state index in [2.05, 4.69) is 15.9 Å². The van der Waals surface area contributed by atoms with Crippen LogP contribution < -0.4 is 0 Å². The van der Waals surface area contributed by atoms with Crippen LogP contribution in [0.2, 0.25) is 0 Å². The zero-order chi connectivity index (χ0) is 14.2. The molecule has 0 aromatic heterocycles. The van der Waals surface area contributed by atoms with Gasteiger partial charge in [0.1, 0.15) is 0 Å². The smallest absolute Gasteiger partial charge is 0.254 e. The second-order valence-electron chi connectivity index (χ2n) is 5.40. The predicted octanol–water partition coefficient (Wildman–Crippen LogP) is 2.74. The number of likely N-dealkylation sites (tertiary alicyclic amines) is 1. The lowest BCUT2D eigenvalue weighted by Crippen LogP contribution is -2.51. The largest absolute Gasteiger partial charge is 0.346 e. The number of hydrogen-bond acceptors (Lipinski definition) is 3. The van der Waals surface area contributed by atoms with E-state index in [1.807, 2.05) is 30.0 Å². The molecule has 1 aromatic carbocycles. The van der Waals surface area contributed by atoms with Gasteiger partial charge in [0.05, 0.1) is 19.8 Å². The van der Waals surface area contributed by atoms with Crippen LogP contribution in [0.15, 0.2) is 22.7 Å². The maximum atomic E-state index is 12.7. The number of carbonyl (C=O) groups is 1. The third-order valence-corrected chi connectivity index (χ3v) is 4.43. The summed E-state index contributed by atoms with van der Waals surface area (Å²) in [5.41, 5.74) is 1.74. The highest BCUT2D eigenvalue weighted by Gasteiger charge is 2.42. The fourth-order valence-corrected chi connectivity index (χ4v) is 3.41. The summed E-state index contributed by atoms with van der Waals surface area (Å²) in [5.74, 6) is -0.495. The number of amides is 1.